The van der Waals surface area contributed by atoms with Crippen molar-refractivity contribution in [2.75, 3.05) is 13.2 Å². The first-order valence-corrected chi connectivity index (χ1v) is 11.0. The molecule has 0 aromatic heterocycles. The van der Waals surface area contributed by atoms with Gasteiger partial charge in [-0.05, 0) is 69.1 Å². The Balaban J connectivity index is 2.45. The summed E-state index contributed by atoms with van der Waals surface area (Å²) in [7, 11) is 0. The maximum Gasteiger partial charge on any atom is 0.203 e. The molecule has 5 nitrogen and oxygen atoms in total. The molecule has 2 rings (SSSR count). The molecule has 0 aliphatic heterocycles. The third-order valence-corrected chi connectivity index (χ3v) is 6.95. The van der Waals surface area contributed by atoms with Gasteiger partial charge in [-0.15, -0.1) is 0 Å². The Morgan fingerprint density at radius 2 is 1.87 bits per heavy atom. The second kappa shape index (κ2) is 10.6. The van der Waals surface area contributed by atoms with E-state index in [2.05, 4.69) is 6.08 Å². The van der Waals surface area contributed by atoms with Crippen molar-refractivity contribution in [2.24, 2.45) is 17.3 Å². The number of allylic oxidation sites excluding steroid dienone is 5. The summed E-state index contributed by atoms with van der Waals surface area (Å²) >= 11 is 0. The second-order valence-corrected chi connectivity index (χ2v) is 9.24. The number of carbonyl (C=O) groups excluding carboxylic acids is 1. The maximum atomic E-state index is 13.1. The van der Waals surface area contributed by atoms with Crippen LogP contribution in [0.3, 0.4) is 0 Å². The fourth-order valence-electron chi connectivity index (χ4n) is 4.59. The van der Waals surface area contributed by atoms with Gasteiger partial charge in [0.1, 0.15) is 0 Å². The van der Waals surface area contributed by atoms with Crippen molar-refractivity contribution in [1.82, 2.24) is 0 Å². The lowest BCUT2D eigenvalue weighted by Crippen LogP contribution is -2.32. The van der Waals surface area contributed by atoms with Gasteiger partial charge in [-0.3, -0.25) is 4.79 Å². The molecule has 0 spiro atoms. The van der Waals surface area contributed by atoms with Gasteiger partial charge in [0.05, 0.1) is 12.7 Å². The quantitative estimate of drug-likeness (QED) is 0.516. The molecule has 0 radical (unpaired) electrons. The van der Waals surface area contributed by atoms with E-state index in [9.17, 15) is 25.2 Å². The minimum atomic E-state index is -0.780. The molecule has 2 aliphatic carbocycles. The van der Waals surface area contributed by atoms with Gasteiger partial charge in [-0.1, -0.05) is 37.6 Å². The molecule has 4 N–H and O–H groups in total. The minimum absolute atomic E-state index is 0.000624. The number of fused-ring (bicyclic) bond motifs is 1. The third kappa shape index (κ3) is 5.32. The molecule has 0 amide bonds. The van der Waals surface area contributed by atoms with Crippen LogP contribution in [0.5, 0.6) is 0 Å². The number of rotatable bonds is 3. The van der Waals surface area contributed by atoms with E-state index in [1.165, 1.54) is 5.57 Å². The predicted molar refractivity (Wildman–Crippen MR) is 119 cm³/mol. The molecule has 0 bridgehead atoms. The van der Waals surface area contributed by atoms with Gasteiger partial charge < -0.3 is 20.4 Å². The van der Waals surface area contributed by atoms with Crippen molar-refractivity contribution in [2.45, 2.75) is 72.3 Å². The summed E-state index contributed by atoms with van der Waals surface area (Å²) in [6.07, 6.45) is 9.30. The Hall–Kier alpha value is -1.69. The molecule has 30 heavy (non-hydrogen) atoms. The molecular weight excluding hydrogens is 380 g/mol. The molecule has 0 aromatic carbocycles. The number of aliphatic hydroxyl groups excluding tert-OH is 4. The zero-order valence-electron chi connectivity index (χ0n) is 18.8. The van der Waals surface area contributed by atoms with E-state index in [0.717, 1.165) is 24.0 Å². The van der Waals surface area contributed by atoms with E-state index >= 15 is 0 Å². The molecule has 168 valence electrons. The number of ketones is 1. The van der Waals surface area contributed by atoms with E-state index in [1.807, 2.05) is 39.8 Å². The van der Waals surface area contributed by atoms with Crippen LogP contribution in [-0.2, 0) is 4.79 Å². The standard InChI is InChI=1S/C25H38O5/c1-16-6-5-7-19(15-27)9-11-21(28)17(2)8-10-20-22(18(3)14-26)23(29)24(30)25(20,4)13-12-16/h7-8,12,18,20-21,26-29H,5-6,9-11,13-15H2,1-4H3/b16-12+,17-8+,19-7+/t18-,20-,21+,25+/m1/s1. The molecule has 0 aromatic rings. The van der Waals surface area contributed by atoms with Crippen molar-refractivity contribution in [3.05, 3.63) is 46.3 Å². The van der Waals surface area contributed by atoms with E-state index in [-0.39, 0.29) is 36.6 Å². The minimum Gasteiger partial charge on any atom is -0.504 e. The van der Waals surface area contributed by atoms with Crippen LogP contribution in [-0.4, -0.2) is 45.5 Å². The first kappa shape index (κ1) is 24.6. The van der Waals surface area contributed by atoms with Crippen LogP contribution in [0.15, 0.2) is 46.3 Å². The van der Waals surface area contributed by atoms with E-state index in [1.54, 1.807) is 0 Å². The SMILES string of the molecule is C/C1=C\C[C@]2(C)C(=O)C(O)=C([C@H](C)CO)[C@H]2C/C=C(\C)[C@@H](O)CC/C(CO)=C\CC1. The fraction of sp³-hybridized carbons (Fsp3) is 0.640. The molecule has 0 heterocycles. The summed E-state index contributed by atoms with van der Waals surface area (Å²) in [5.41, 5.74) is 2.78. The molecule has 2 aliphatic rings. The van der Waals surface area contributed by atoms with E-state index in [4.69, 9.17) is 0 Å². The van der Waals surface area contributed by atoms with Crippen molar-refractivity contribution in [3.63, 3.8) is 0 Å². The first-order valence-electron chi connectivity index (χ1n) is 11.0. The van der Waals surface area contributed by atoms with Gasteiger partial charge in [0.2, 0.25) is 5.78 Å². The Bertz CT molecular complexity index is 758. The Morgan fingerprint density at radius 1 is 1.17 bits per heavy atom. The topological polar surface area (TPSA) is 98.0 Å². The number of hydrogen-bond acceptors (Lipinski definition) is 5. The predicted octanol–water partition coefficient (Wildman–Crippen LogP) is 4.16. The van der Waals surface area contributed by atoms with Crippen LogP contribution in [0, 0.1) is 17.3 Å². The highest BCUT2D eigenvalue weighted by molar-refractivity contribution is 6.02. The summed E-state index contributed by atoms with van der Waals surface area (Å²) in [6.45, 7) is 7.52. The van der Waals surface area contributed by atoms with Crippen molar-refractivity contribution >= 4 is 5.78 Å². The summed E-state index contributed by atoms with van der Waals surface area (Å²) in [6, 6.07) is 0. The third-order valence-electron chi connectivity index (χ3n) is 6.95. The summed E-state index contributed by atoms with van der Waals surface area (Å²) in [4.78, 5) is 13.1. The number of Topliss-reactive ketones (excluding diaryl/α,β-unsaturated/α-hetero) is 1. The smallest absolute Gasteiger partial charge is 0.203 e. The molecular formula is C25H38O5. The van der Waals surface area contributed by atoms with Gasteiger partial charge in [0.15, 0.2) is 5.76 Å². The molecule has 0 saturated heterocycles. The lowest BCUT2D eigenvalue weighted by molar-refractivity contribution is -0.126. The average molecular weight is 419 g/mol. The average Bonchev–Trinajstić information content (AvgIpc) is 2.92. The lowest BCUT2D eigenvalue weighted by Gasteiger charge is -2.32. The van der Waals surface area contributed by atoms with Crippen LogP contribution in [0.4, 0.5) is 0 Å². The first-order chi connectivity index (χ1) is 14.2. The van der Waals surface area contributed by atoms with Gasteiger partial charge >= 0.3 is 0 Å². The zero-order chi connectivity index (χ0) is 22.5. The van der Waals surface area contributed by atoms with Gasteiger partial charge in [0, 0.05) is 23.9 Å². The molecule has 4 atom stereocenters. The maximum absolute atomic E-state index is 13.1. The van der Waals surface area contributed by atoms with E-state index < -0.39 is 11.5 Å². The number of aliphatic hydroxyl groups is 4. The van der Waals surface area contributed by atoms with Crippen molar-refractivity contribution in [3.8, 4) is 0 Å². The molecule has 0 unspecified atom stereocenters. The summed E-state index contributed by atoms with van der Waals surface area (Å²) < 4.78 is 0. The normalized spacial score (nSPS) is 35.8. The molecule has 0 saturated carbocycles. The van der Waals surface area contributed by atoms with Crippen LogP contribution >= 0.6 is 0 Å². The van der Waals surface area contributed by atoms with Crippen LogP contribution in [0.1, 0.15) is 66.2 Å². The number of carbonyl (C=O) groups is 1. The van der Waals surface area contributed by atoms with Crippen molar-refractivity contribution in [1.29, 1.82) is 0 Å². The largest absolute Gasteiger partial charge is 0.504 e. The summed E-state index contributed by atoms with van der Waals surface area (Å²) in [5, 5.41) is 40.5. The van der Waals surface area contributed by atoms with Crippen LogP contribution in [0.25, 0.3) is 0 Å². The molecule has 5 heteroatoms. The highest BCUT2D eigenvalue weighted by atomic mass is 16.3. The zero-order valence-corrected chi connectivity index (χ0v) is 18.8. The van der Waals surface area contributed by atoms with Gasteiger partial charge in [-0.25, -0.2) is 0 Å². The highest BCUT2D eigenvalue weighted by Gasteiger charge is 2.51. The summed E-state index contributed by atoms with van der Waals surface area (Å²) in [5.74, 6) is -0.985. The Labute approximate surface area is 180 Å². The number of hydrogen-bond donors (Lipinski definition) is 4. The van der Waals surface area contributed by atoms with E-state index in [0.29, 0.717) is 31.3 Å². The van der Waals surface area contributed by atoms with Crippen LogP contribution < -0.4 is 0 Å². The fourth-order valence-corrected chi connectivity index (χ4v) is 4.59. The van der Waals surface area contributed by atoms with Crippen molar-refractivity contribution < 1.29 is 25.2 Å². The Morgan fingerprint density at radius 3 is 2.50 bits per heavy atom. The Kier molecular flexibility index (Phi) is 8.65. The monoisotopic (exact) mass is 418 g/mol. The van der Waals surface area contributed by atoms with Crippen LogP contribution in [0.2, 0.25) is 0 Å². The lowest BCUT2D eigenvalue weighted by atomic mass is 9.70. The van der Waals surface area contributed by atoms with Gasteiger partial charge in [-0.2, -0.15) is 0 Å². The molecule has 0 fully saturated rings. The second-order valence-electron chi connectivity index (χ2n) is 9.24. The van der Waals surface area contributed by atoms with Gasteiger partial charge in [0.25, 0.3) is 0 Å². The highest BCUT2D eigenvalue weighted by Crippen LogP contribution is 2.50.